The molecule has 17 heavy (non-hydrogen) atoms. The fourth-order valence-electron chi connectivity index (χ4n) is 1.76. The van der Waals surface area contributed by atoms with Gasteiger partial charge in [-0.25, -0.2) is 0 Å². The van der Waals surface area contributed by atoms with E-state index in [2.05, 4.69) is 18.3 Å². The third-order valence-electron chi connectivity index (χ3n) is 2.85. The van der Waals surface area contributed by atoms with Gasteiger partial charge in [-0.05, 0) is 19.0 Å². The standard InChI is InChI=1S/C14H30N2O/c1-2-3-4-5-6-7-8-9-10-12-15-13-11-14-16-17/h10,12,15H,2-9,11,13-14,16H2,1H3. The Balaban J connectivity index is 2.99. The molecule has 0 rings (SSSR count). The highest BCUT2D eigenvalue weighted by atomic mass is 16.5. The lowest BCUT2D eigenvalue weighted by atomic mass is 10.1. The van der Waals surface area contributed by atoms with Crippen molar-refractivity contribution in [1.29, 1.82) is 0 Å². The van der Waals surface area contributed by atoms with Crippen molar-refractivity contribution in [1.82, 2.24) is 5.32 Å². The van der Waals surface area contributed by atoms with Crippen LogP contribution in [-0.2, 0) is 0 Å². The average Bonchev–Trinajstić information content (AvgIpc) is 2.35. The van der Waals surface area contributed by atoms with Crippen LogP contribution in [0.5, 0.6) is 0 Å². The number of hydrogen-bond donors (Lipinski definition) is 2. The Kier molecular flexibility index (Phi) is 15.0. The van der Waals surface area contributed by atoms with Gasteiger partial charge in [0.05, 0.1) is 6.54 Å². The van der Waals surface area contributed by atoms with Crippen LogP contribution in [0.25, 0.3) is 0 Å². The highest BCUT2D eigenvalue weighted by Gasteiger charge is 1.89. The molecule has 0 amide bonds. The predicted molar refractivity (Wildman–Crippen MR) is 74.5 cm³/mol. The largest absolute Gasteiger partial charge is 0.636 e. The normalized spacial score (nSPS) is 11.2. The van der Waals surface area contributed by atoms with Crippen molar-refractivity contribution in [3.8, 4) is 0 Å². The summed E-state index contributed by atoms with van der Waals surface area (Å²) in [6.07, 6.45) is 15.9. The van der Waals surface area contributed by atoms with Crippen LogP contribution in [0.3, 0.4) is 0 Å². The van der Waals surface area contributed by atoms with Gasteiger partial charge in [0.1, 0.15) is 0 Å². The summed E-state index contributed by atoms with van der Waals surface area (Å²) in [6, 6.07) is 0. The second-order valence-electron chi connectivity index (χ2n) is 4.58. The van der Waals surface area contributed by atoms with Crippen molar-refractivity contribution < 1.29 is 5.48 Å². The number of allylic oxidation sites excluding steroid dienone is 1. The molecule has 3 heteroatoms. The van der Waals surface area contributed by atoms with E-state index in [1.54, 1.807) is 0 Å². The van der Waals surface area contributed by atoms with Gasteiger partial charge in [-0.3, -0.25) is 0 Å². The number of rotatable bonds is 13. The first-order valence-corrected chi connectivity index (χ1v) is 7.23. The molecule has 102 valence electrons. The molecule has 0 aliphatic rings. The smallest absolute Gasteiger partial charge is 0.0769 e. The molecular weight excluding hydrogens is 212 g/mol. The highest BCUT2D eigenvalue weighted by molar-refractivity contribution is 4.78. The lowest BCUT2D eigenvalue weighted by Gasteiger charge is -2.02. The molecule has 0 aromatic carbocycles. The van der Waals surface area contributed by atoms with Crippen molar-refractivity contribution in [2.75, 3.05) is 13.1 Å². The zero-order valence-corrected chi connectivity index (χ0v) is 11.4. The molecule has 0 radical (unpaired) electrons. The van der Waals surface area contributed by atoms with Crippen LogP contribution >= 0.6 is 0 Å². The van der Waals surface area contributed by atoms with E-state index in [0.29, 0.717) is 6.54 Å². The van der Waals surface area contributed by atoms with E-state index in [0.717, 1.165) is 18.4 Å². The molecule has 0 bridgehead atoms. The third-order valence-corrected chi connectivity index (χ3v) is 2.85. The molecule has 0 atom stereocenters. The van der Waals surface area contributed by atoms with E-state index in [4.69, 9.17) is 0 Å². The molecule has 0 unspecified atom stereocenters. The monoisotopic (exact) mass is 242 g/mol. The number of hydrogen-bond acceptors (Lipinski definition) is 2. The molecule has 0 aliphatic heterocycles. The Bertz CT molecular complexity index is 160. The molecule has 0 aromatic rings. The third kappa shape index (κ3) is 15.5. The van der Waals surface area contributed by atoms with Crippen LogP contribution in [0.1, 0.15) is 64.7 Å². The summed E-state index contributed by atoms with van der Waals surface area (Å²) in [7, 11) is 0. The van der Waals surface area contributed by atoms with E-state index >= 15 is 0 Å². The Hall–Kier alpha value is -0.540. The zero-order chi connectivity index (χ0) is 12.6. The van der Waals surface area contributed by atoms with Gasteiger partial charge in [-0.1, -0.05) is 51.5 Å². The van der Waals surface area contributed by atoms with Gasteiger partial charge >= 0.3 is 0 Å². The first-order valence-electron chi connectivity index (χ1n) is 7.23. The maximum atomic E-state index is 10.1. The molecule has 3 N–H and O–H groups in total. The van der Waals surface area contributed by atoms with E-state index in [-0.39, 0.29) is 0 Å². The van der Waals surface area contributed by atoms with E-state index in [9.17, 15) is 5.21 Å². The number of nitrogens with one attached hydrogen (secondary N) is 1. The second kappa shape index (κ2) is 15.5. The number of hydroxylamine groups is 1. The second-order valence-corrected chi connectivity index (χ2v) is 4.58. The Labute approximate surface area is 107 Å². The summed E-state index contributed by atoms with van der Waals surface area (Å²) in [5.41, 5.74) is 0.976. The van der Waals surface area contributed by atoms with E-state index < -0.39 is 0 Å². The lowest BCUT2D eigenvalue weighted by molar-refractivity contribution is -0.588. The van der Waals surface area contributed by atoms with Crippen LogP contribution in [-0.4, -0.2) is 13.1 Å². The fourth-order valence-corrected chi connectivity index (χ4v) is 1.76. The maximum Gasteiger partial charge on any atom is 0.0769 e. The Morgan fingerprint density at radius 3 is 2.41 bits per heavy atom. The molecule has 0 spiro atoms. The molecule has 0 heterocycles. The van der Waals surface area contributed by atoms with Crippen molar-refractivity contribution >= 4 is 0 Å². The maximum absolute atomic E-state index is 10.1. The van der Waals surface area contributed by atoms with Crippen LogP contribution in [0.4, 0.5) is 0 Å². The van der Waals surface area contributed by atoms with Gasteiger partial charge in [-0.2, -0.15) is 0 Å². The van der Waals surface area contributed by atoms with E-state index in [1.807, 2.05) is 6.20 Å². The first kappa shape index (κ1) is 16.5. The van der Waals surface area contributed by atoms with Crippen LogP contribution in [0.15, 0.2) is 12.3 Å². The van der Waals surface area contributed by atoms with Gasteiger partial charge in [0.25, 0.3) is 0 Å². The molecule has 3 nitrogen and oxygen atoms in total. The fraction of sp³-hybridized carbons (Fsp3) is 0.857. The quantitative estimate of drug-likeness (QED) is 0.385. The SMILES string of the molecule is CCCCCCCCCC=CNCCC[NH2+][O-]. The summed E-state index contributed by atoms with van der Waals surface area (Å²) < 4.78 is 0. The first-order chi connectivity index (χ1) is 8.41. The van der Waals surface area contributed by atoms with Crippen LogP contribution in [0.2, 0.25) is 0 Å². The molecule has 0 saturated heterocycles. The van der Waals surface area contributed by atoms with Gasteiger partial charge in [0.15, 0.2) is 0 Å². The van der Waals surface area contributed by atoms with Crippen molar-refractivity contribution in [2.45, 2.75) is 64.7 Å². The van der Waals surface area contributed by atoms with Crippen molar-refractivity contribution in [3.63, 3.8) is 0 Å². The van der Waals surface area contributed by atoms with Gasteiger partial charge in [0, 0.05) is 13.0 Å². The number of quaternary nitrogens is 1. The topological polar surface area (TPSA) is 51.7 Å². The van der Waals surface area contributed by atoms with E-state index in [1.165, 1.54) is 51.4 Å². The Morgan fingerprint density at radius 1 is 1.00 bits per heavy atom. The zero-order valence-electron chi connectivity index (χ0n) is 11.4. The summed E-state index contributed by atoms with van der Waals surface area (Å²) >= 11 is 0. The summed E-state index contributed by atoms with van der Waals surface area (Å²) in [5, 5.41) is 13.3. The van der Waals surface area contributed by atoms with Crippen molar-refractivity contribution in [2.24, 2.45) is 0 Å². The van der Waals surface area contributed by atoms with Crippen molar-refractivity contribution in [3.05, 3.63) is 17.5 Å². The number of nitrogens with two attached hydrogens (primary N) is 1. The lowest BCUT2D eigenvalue weighted by Crippen LogP contribution is -2.77. The summed E-state index contributed by atoms with van der Waals surface area (Å²) in [5.74, 6) is 0. The van der Waals surface area contributed by atoms with Gasteiger partial charge < -0.3 is 16.0 Å². The minimum absolute atomic E-state index is 0.665. The summed E-state index contributed by atoms with van der Waals surface area (Å²) in [4.78, 5) is 0. The minimum Gasteiger partial charge on any atom is -0.636 e. The molecule has 0 aliphatic carbocycles. The summed E-state index contributed by atoms with van der Waals surface area (Å²) in [6.45, 7) is 3.83. The predicted octanol–water partition coefficient (Wildman–Crippen LogP) is 2.68. The Morgan fingerprint density at radius 2 is 1.71 bits per heavy atom. The molecule has 0 aromatic heterocycles. The number of unbranched alkanes of at least 4 members (excludes halogenated alkanes) is 7. The molecule has 0 fully saturated rings. The minimum atomic E-state index is 0.665. The van der Waals surface area contributed by atoms with Crippen LogP contribution < -0.4 is 10.8 Å². The highest BCUT2D eigenvalue weighted by Crippen LogP contribution is 2.08. The van der Waals surface area contributed by atoms with Crippen LogP contribution in [0, 0.1) is 5.21 Å². The van der Waals surface area contributed by atoms with Gasteiger partial charge in [0.2, 0.25) is 0 Å². The van der Waals surface area contributed by atoms with Gasteiger partial charge in [-0.15, -0.1) is 0 Å². The molecule has 0 saturated carbocycles. The molecular formula is C14H30N2O. The average molecular weight is 242 g/mol.